The van der Waals surface area contributed by atoms with Crippen LogP contribution in [0.4, 0.5) is 43.9 Å². The van der Waals surface area contributed by atoms with E-state index >= 15 is 0 Å². The van der Waals surface area contributed by atoms with Gasteiger partial charge in [0.1, 0.15) is 0 Å². The molecule has 19 heavy (non-hydrogen) atoms. The number of hydrogen-bond acceptors (Lipinski definition) is 0. The number of halogens is 10. The van der Waals surface area contributed by atoms with E-state index < -0.39 is 49.4 Å². The Bertz CT molecular complexity index is 258. The Hall–Kier alpha value is -0.700. The van der Waals surface area contributed by atoms with Crippen molar-refractivity contribution in [1.29, 1.82) is 0 Å². The van der Waals surface area contributed by atoms with E-state index in [0.29, 0.717) is 0 Å². The van der Waals surface area contributed by atoms with Crippen LogP contribution in [0, 0.1) is 5.92 Å². The Kier molecular flexibility index (Phi) is 5.16. The van der Waals surface area contributed by atoms with Crippen molar-refractivity contribution >= 4 is 0 Å². The molecule has 0 nitrogen and oxygen atoms in total. The first-order chi connectivity index (χ1) is 8.14. The van der Waals surface area contributed by atoms with E-state index in [9.17, 15) is 43.9 Å². The lowest BCUT2D eigenvalue weighted by Gasteiger charge is -2.28. The number of rotatable bonds is 5. The first-order valence-corrected chi connectivity index (χ1v) is 5.03. The molecule has 0 saturated heterocycles. The number of hydrogen-bond donors (Lipinski definition) is 0. The zero-order valence-electron chi connectivity index (χ0n) is 9.48. The van der Waals surface area contributed by atoms with E-state index in [1.807, 2.05) is 0 Å². The standard InChI is InChI=1S/C9H10F10/c1-2-5(3-6(10,11)8(14,15)16)4-7(12,13)9(17,18)19/h5H,2-4H2,1H3. The van der Waals surface area contributed by atoms with Gasteiger partial charge in [-0.05, 0) is 5.92 Å². The molecule has 0 aromatic carbocycles. The summed E-state index contributed by atoms with van der Waals surface area (Å²) in [5.41, 5.74) is 0. The first-order valence-electron chi connectivity index (χ1n) is 5.03. The Balaban J connectivity index is 4.90. The molecule has 0 bridgehead atoms. The molecule has 0 aromatic rings. The molecule has 10 heteroatoms. The highest BCUT2D eigenvalue weighted by molar-refractivity contribution is 4.84. The minimum atomic E-state index is -5.98. The summed E-state index contributed by atoms with van der Waals surface area (Å²) >= 11 is 0. The fourth-order valence-corrected chi connectivity index (χ4v) is 1.32. The van der Waals surface area contributed by atoms with Gasteiger partial charge in [0.25, 0.3) is 0 Å². The van der Waals surface area contributed by atoms with Crippen molar-refractivity contribution in [3.8, 4) is 0 Å². The average Bonchev–Trinajstić information content (AvgIpc) is 2.12. The molecule has 0 unspecified atom stereocenters. The molecule has 0 spiro atoms. The third-order valence-corrected chi connectivity index (χ3v) is 2.50. The lowest BCUT2D eigenvalue weighted by molar-refractivity contribution is -0.301. The monoisotopic (exact) mass is 308 g/mol. The van der Waals surface area contributed by atoms with Gasteiger partial charge >= 0.3 is 24.2 Å². The van der Waals surface area contributed by atoms with E-state index in [4.69, 9.17) is 0 Å². The van der Waals surface area contributed by atoms with Gasteiger partial charge in [0.2, 0.25) is 0 Å². The zero-order valence-corrected chi connectivity index (χ0v) is 9.48. The van der Waals surface area contributed by atoms with Gasteiger partial charge < -0.3 is 0 Å². The van der Waals surface area contributed by atoms with Crippen LogP contribution in [0.3, 0.4) is 0 Å². The second-order valence-corrected chi connectivity index (χ2v) is 4.09. The maximum atomic E-state index is 12.6. The first kappa shape index (κ1) is 18.3. The van der Waals surface area contributed by atoms with E-state index in [1.54, 1.807) is 0 Å². The molecule has 0 aliphatic heterocycles. The van der Waals surface area contributed by atoms with Crippen LogP contribution in [0.2, 0.25) is 0 Å². The van der Waals surface area contributed by atoms with Crippen LogP contribution in [-0.4, -0.2) is 24.2 Å². The second kappa shape index (κ2) is 5.35. The maximum absolute atomic E-state index is 12.6. The molecular weight excluding hydrogens is 298 g/mol. The summed E-state index contributed by atoms with van der Waals surface area (Å²) in [6.45, 7) is 0.962. The summed E-state index contributed by atoms with van der Waals surface area (Å²) in [4.78, 5) is 0. The van der Waals surface area contributed by atoms with Gasteiger partial charge in [0.15, 0.2) is 0 Å². The Morgan fingerprint density at radius 3 is 1.05 bits per heavy atom. The summed E-state index contributed by atoms with van der Waals surface area (Å²) in [6.07, 6.45) is -16.8. The van der Waals surface area contributed by atoms with Crippen LogP contribution >= 0.6 is 0 Å². The summed E-state index contributed by atoms with van der Waals surface area (Å²) in [5, 5.41) is 0. The molecule has 116 valence electrons. The van der Waals surface area contributed by atoms with Crippen molar-refractivity contribution in [2.75, 3.05) is 0 Å². The van der Waals surface area contributed by atoms with E-state index in [2.05, 4.69) is 0 Å². The molecule has 0 rings (SSSR count). The SMILES string of the molecule is CCC(CC(F)(F)C(F)(F)F)CC(F)(F)C(F)(F)F. The fourth-order valence-electron chi connectivity index (χ4n) is 1.32. The van der Waals surface area contributed by atoms with Crippen LogP contribution in [0.25, 0.3) is 0 Å². The van der Waals surface area contributed by atoms with Crippen molar-refractivity contribution < 1.29 is 43.9 Å². The summed E-state index contributed by atoms with van der Waals surface area (Å²) in [6, 6.07) is 0. The van der Waals surface area contributed by atoms with Gasteiger partial charge in [0.05, 0.1) is 0 Å². The Morgan fingerprint density at radius 2 is 0.895 bits per heavy atom. The molecule has 0 heterocycles. The van der Waals surface area contributed by atoms with E-state index in [1.165, 1.54) is 0 Å². The van der Waals surface area contributed by atoms with Gasteiger partial charge in [-0.1, -0.05) is 13.3 Å². The fraction of sp³-hybridized carbons (Fsp3) is 1.00. The molecule has 0 amide bonds. The third kappa shape index (κ3) is 4.72. The highest BCUT2D eigenvalue weighted by Gasteiger charge is 2.61. The van der Waals surface area contributed by atoms with Crippen LogP contribution in [0.5, 0.6) is 0 Å². The van der Waals surface area contributed by atoms with Crippen molar-refractivity contribution in [1.82, 2.24) is 0 Å². The lowest BCUT2D eigenvalue weighted by atomic mass is 9.91. The minimum Gasteiger partial charge on any atom is -0.196 e. The highest BCUT2D eigenvalue weighted by atomic mass is 19.4. The normalized spacial score (nSPS) is 15.2. The van der Waals surface area contributed by atoms with E-state index in [0.717, 1.165) is 6.92 Å². The highest BCUT2D eigenvalue weighted by Crippen LogP contribution is 2.46. The predicted molar refractivity (Wildman–Crippen MR) is 45.0 cm³/mol. The van der Waals surface area contributed by atoms with Gasteiger partial charge in [-0.15, -0.1) is 0 Å². The van der Waals surface area contributed by atoms with Crippen molar-refractivity contribution in [3.05, 3.63) is 0 Å². The zero-order chi connectivity index (χ0) is 15.7. The van der Waals surface area contributed by atoms with Crippen molar-refractivity contribution in [2.24, 2.45) is 5.92 Å². The molecule has 0 aliphatic carbocycles. The van der Waals surface area contributed by atoms with Crippen LogP contribution in [-0.2, 0) is 0 Å². The van der Waals surface area contributed by atoms with Gasteiger partial charge in [-0.25, -0.2) is 0 Å². The second-order valence-electron chi connectivity index (χ2n) is 4.09. The molecule has 0 atom stereocenters. The van der Waals surface area contributed by atoms with Crippen LogP contribution < -0.4 is 0 Å². The van der Waals surface area contributed by atoms with Crippen molar-refractivity contribution in [2.45, 2.75) is 50.4 Å². The van der Waals surface area contributed by atoms with Crippen LogP contribution in [0.1, 0.15) is 26.2 Å². The molecule has 0 radical (unpaired) electrons. The topological polar surface area (TPSA) is 0 Å². The Labute approximate surface area is 101 Å². The summed E-state index contributed by atoms with van der Waals surface area (Å²) in [7, 11) is 0. The van der Waals surface area contributed by atoms with Gasteiger partial charge in [0, 0.05) is 12.8 Å². The van der Waals surface area contributed by atoms with Gasteiger partial charge in [-0.2, -0.15) is 43.9 Å². The summed E-state index contributed by atoms with van der Waals surface area (Å²) < 4.78 is 121. The number of alkyl halides is 10. The van der Waals surface area contributed by atoms with Crippen molar-refractivity contribution in [3.63, 3.8) is 0 Å². The van der Waals surface area contributed by atoms with E-state index in [-0.39, 0.29) is 0 Å². The molecule has 0 fully saturated rings. The summed E-state index contributed by atoms with van der Waals surface area (Å²) in [5.74, 6) is -12.7. The van der Waals surface area contributed by atoms with Gasteiger partial charge in [-0.3, -0.25) is 0 Å². The Morgan fingerprint density at radius 1 is 0.632 bits per heavy atom. The van der Waals surface area contributed by atoms with Crippen LogP contribution in [0.15, 0.2) is 0 Å². The quantitative estimate of drug-likeness (QED) is 0.613. The smallest absolute Gasteiger partial charge is 0.196 e. The maximum Gasteiger partial charge on any atom is 0.453 e. The lowest BCUT2D eigenvalue weighted by Crippen LogP contribution is -2.42. The third-order valence-electron chi connectivity index (χ3n) is 2.50. The molecule has 0 aromatic heterocycles. The predicted octanol–water partition coefficient (Wildman–Crippen LogP) is 5.19. The largest absolute Gasteiger partial charge is 0.453 e. The molecule has 0 aliphatic rings. The molecule has 0 saturated carbocycles. The molecular formula is C9H10F10. The average molecular weight is 308 g/mol. The molecule has 0 N–H and O–H groups in total. The minimum absolute atomic E-state index is 0.655.